The third-order valence-corrected chi connectivity index (χ3v) is 6.61. The second-order valence-electron chi connectivity index (χ2n) is 8.53. The van der Waals surface area contributed by atoms with Gasteiger partial charge in [0.1, 0.15) is 12.2 Å². The van der Waals surface area contributed by atoms with Crippen LogP contribution in [-0.2, 0) is 9.47 Å². The van der Waals surface area contributed by atoms with E-state index in [0.29, 0.717) is 19.3 Å². The monoisotopic (exact) mass is 394 g/mol. The second-order valence-corrected chi connectivity index (χ2v) is 8.53. The van der Waals surface area contributed by atoms with Gasteiger partial charge in [-0.25, -0.2) is 0 Å². The summed E-state index contributed by atoms with van der Waals surface area (Å²) >= 11 is 0. The third-order valence-electron chi connectivity index (χ3n) is 6.61. The number of carbonyl (C=O) groups is 1. The highest BCUT2D eigenvalue weighted by molar-refractivity contribution is 5.95. The first-order valence-corrected chi connectivity index (χ1v) is 11.0. The number of likely N-dealkylation sites (tertiary alicyclic amines) is 2. The molecule has 3 heterocycles. The molecule has 1 aliphatic carbocycles. The minimum atomic E-state index is -0.0130. The third kappa shape index (κ3) is 4.04. The summed E-state index contributed by atoms with van der Waals surface area (Å²) in [4.78, 5) is 17.8. The molecule has 0 N–H and O–H groups in total. The van der Waals surface area contributed by atoms with E-state index in [1.165, 1.54) is 25.9 Å². The van der Waals surface area contributed by atoms with Crippen molar-refractivity contribution in [1.82, 2.24) is 9.80 Å². The summed E-state index contributed by atoms with van der Waals surface area (Å²) in [5.41, 5.74) is 3.03. The standard InChI is InChI=1S/C24H30N2O3/c27-24(26-13-3-4-21(26)17-25-11-1-2-12-25)19-7-5-18(6-8-19)20-9-10-22-23(16-20)29-15-14-28-22/h5-10,16,21-23H,1-4,11-15,17H2. The molecule has 0 spiro atoms. The average molecular weight is 395 g/mol. The minimum Gasteiger partial charge on any atom is -0.369 e. The van der Waals surface area contributed by atoms with Crippen LogP contribution in [0.2, 0.25) is 0 Å². The molecule has 3 aliphatic heterocycles. The molecule has 0 bridgehead atoms. The van der Waals surface area contributed by atoms with E-state index in [2.05, 4.69) is 40.2 Å². The number of amides is 1. The maximum atomic E-state index is 13.1. The van der Waals surface area contributed by atoms with Crippen molar-refractivity contribution in [1.29, 1.82) is 0 Å². The topological polar surface area (TPSA) is 42.0 Å². The van der Waals surface area contributed by atoms with Gasteiger partial charge in [0.15, 0.2) is 0 Å². The largest absolute Gasteiger partial charge is 0.369 e. The molecule has 29 heavy (non-hydrogen) atoms. The molecule has 5 heteroatoms. The fourth-order valence-electron chi connectivity index (χ4n) is 5.02. The predicted molar refractivity (Wildman–Crippen MR) is 113 cm³/mol. The number of fused-ring (bicyclic) bond motifs is 1. The van der Waals surface area contributed by atoms with Gasteiger partial charge in [0.05, 0.1) is 13.2 Å². The Morgan fingerprint density at radius 1 is 0.966 bits per heavy atom. The molecular weight excluding hydrogens is 364 g/mol. The molecule has 5 rings (SSSR count). The van der Waals surface area contributed by atoms with Crippen LogP contribution in [0.25, 0.3) is 5.57 Å². The second kappa shape index (κ2) is 8.42. The van der Waals surface area contributed by atoms with Gasteiger partial charge in [0, 0.05) is 24.7 Å². The van der Waals surface area contributed by atoms with E-state index in [1.54, 1.807) is 0 Å². The van der Waals surface area contributed by atoms with Crippen LogP contribution >= 0.6 is 0 Å². The first-order valence-electron chi connectivity index (χ1n) is 11.0. The van der Waals surface area contributed by atoms with Gasteiger partial charge in [-0.05, 0) is 68.1 Å². The summed E-state index contributed by atoms with van der Waals surface area (Å²) in [7, 11) is 0. The lowest BCUT2D eigenvalue weighted by atomic mass is 9.95. The lowest BCUT2D eigenvalue weighted by molar-refractivity contribution is -0.101. The van der Waals surface area contributed by atoms with Crippen LogP contribution in [-0.4, -0.2) is 73.3 Å². The average Bonchev–Trinajstić information content (AvgIpc) is 3.45. The van der Waals surface area contributed by atoms with Gasteiger partial charge >= 0.3 is 0 Å². The fourth-order valence-corrected chi connectivity index (χ4v) is 5.02. The van der Waals surface area contributed by atoms with Crippen LogP contribution in [0, 0.1) is 0 Å². The number of benzene rings is 1. The number of nitrogens with zero attached hydrogens (tertiary/aromatic N) is 2. The van der Waals surface area contributed by atoms with Crippen LogP contribution in [0.15, 0.2) is 42.5 Å². The zero-order valence-corrected chi connectivity index (χ0v) is 17.0. The molecular formula is C24H30N2O3. The van der Waals surface area contributed by atoms with Crippen LogP contribution in [0.1, 0.15) is 41.6 Å². The Hall–Kier alpha value is -1.95. The number of carbonyl (C=O) groups excluding carboxylic acids is 1. The van der Waals surface area contributed by atoms with Gasteiger partial charge in [-0.15, -0.1) is 0 Å². The molecule has 0 aromatic heterocycles. The molecule has 3 fully saturated rings. The van der Waals surface area contributed by atoms with Crippen molar-refractivity contribution in [2.75, 3.05) is 39.4 Å². The first kappa shape index (κ1) is 19.0. The number of hydrogen-bond donors (Lipinski definition) is 0. The fraction of sp³-hybridized carbons (Fsp3) is 0.542. The highest BCUT2D eigenvalue weighted by Gasteiger charge is 2.31. The van der Waals surface area contributed by atoms with Crippen LogP contribution < -0.4 is 0 Å². The van der Waals surface area contributed by atoms with E-state index in [-0.39, 0.29) is 18.1 Å². The number of hydrogen-bond acceptors (Lipinski definition) is 4. The van der Waals surface area contributed by atoms with E-state index >= 15 is 0 Å². The van der Waals surface area contributed by atoms with Crippen molar-refractivity contribution in [2.24, 2.45) is 0 Å². The van der Waals surface area contributed by atoms with Gasteiger partial charge in [0.2, 0.25) is 0 Å². The SMILES string of the molecule is O=C(c1ccc(C2=CC3OCCOC3C=C2)cc1)N1CCCC1CN1CCCC1. The van der Waals surface area contributed by atoms with E-state index in [1.807, 2.05) is 12.1 Å². The maximum Gasteiger partial charge on any atom is 0.254 e. The normalized spacial score (nSPS) is 29.7. The molecule has 3 saturated heterocycles. The summed E-state index contributed by atoms with van der Waals surface area (Å²) < 4.78 is 11.5. The van der Waals surface area contributed by atoms with Gasteiger partial charge < -0.3 is 19.3 Å². The lowest BCUT2D eigenvalue weighted by Gasteiger charge is -2.31. The number of rotatable bonds is 4. The van der Waals surface area contributed by atoms with Crippen molar-refractivity contribution in [2.45, 2.75) is 43.9 Å². The zero-order chi connectivity index (χ0) is 19.6. The summed E-state index contributed by atoms with van der Waals surface area (Å²) in [5.74, 6) is 0.176. The maximum absolute atomic E-state index is 13.1. The molecule has 1 aromatic carbocycles. The molecule has 0 radical (unpaired) electrons. The zero-order valence-electron chi connectivity index (χ0n) is 17.0. The Morgan fingerprint density at radius 2 is 1.72 bits per heavy atom. The number of allylic oxidation sites excluding steroid dienone is 2. The van der Waals surface area contributed by atoms with Gasteiger partial charge in [0.25, 0.3) is 5.91 Å². The molecule has 4 aliphatic rings. The van der Waals surface area contributed by atoms with E-state index in [4.69, 9.17) is 9.47 Å². The Balaban J connectivity index is 1.26. The quantitative estimate of drug-likeness (QED) is 0.787. The molecule has 3 atom stereocenters. The Labute approximate surface area is 173 Å². The Morgan fingerprint density at radius 3 is 2.52 bits per heavy atom. The summed E-state index contributed by atoms with van der Waals surface area (Å²) in [6.45, 7) is 5.58. The smallest absolute Gasteiger partial charge is 0.254 e. The van der Waals surface area contributed by atoms with Gasteiger partial charge in [-0.1, -0.05) is 24.3 Å². The molecule has 1 aromatic rings. The summed E-state index contributed by atoms with van der Waals surface area (Å²) in [6.07, 6.45) is 11.2. The summed E-state index contributed by atoms with van der Waals surface area (Å²) in [6, 6.07) is 8.42. The Bertz CT molecular complexity index is 795. The molecule has 5 nitrogen and oxygen atoms in total. The molecule has 154 valence electrons. The Kier molecular flexibility index (Phi) is 5.53. The van der Waals surface area contributed by atoms with Gasteiger partial charge in [-0.3, -0.25) is 4.79 Å². The van der Waals surface area contributed by atoms with Crippen LogP contribution in [0.3, 0.4) is 0 Å². The molecule has 3 unspecified atom stereocenters. The van der Waals surface area contributed by atoms with Crippen LogP contribution in [0.4, 0.5) is 0 Å². The highest BCUT2D eigenvalue weighted by Crippen LogP contribution is 2.27. The van der Waals surface area contributed by atoms with Crippen molar-refractivity contribution >= 4 is 11.5 Å². The first-order chi connectivity index (χ1) is 14.3. The van der Waals surface area contributed by atoms with Crippen molar-refractivity contribution in [3.8, 4) is 0 Å². The van der Waals surface area contributed by atoms with Crippen molar-refractivity contribution in [3.05, 3.63) is 53.6 Å². The summed E-state index contributed by atoms with van der Waals surface area (Å²) in [5, 5.41) is 0. The number of ether oxygens (including phenoxy) is 2. The van der Waals surface area contributed by atoms with E-state index < -0.39 is 0 Å². The van der Waals surface area contributed by atoms with Crippen LogP contribution in [0.5, 0.6) is 0 Å². The lowest BCUT2D eigenvalue weighted by Crippen LogP contribution is -2.42. The molecule has 0 saturated carbocycles. The van der Waals surface area contributed by atoms with Crippen molar-refractivity contribution in [3.63, 3.8) is 0 Å². The minimum absolute atomic E-state index is 0.0130. The van der Waals surface area contributed by atoms with Crippen molar-refractivity contribution < 1.29 is 14.3 Å². The highest BCUT2D eigenvalue weighted by atomic mass is 16.6. The molecule has 1 amide bonds. The van der Waals surface area contributed by atoms with E-state index in [0.717, 1.165) is 42.6 Å². The van der Waals surface area contributed by atoms with Gasteiger partial charge in [-0.2, -0.15) is 0 Å². The predicted octanol–water partition coefficient (Wildman–Crippen LogP) is 3.12. The van der Waals surface area contributed by atoms with E-state index in [9.17, 15) is 4.79 Å².